The van der Waals surface area contributed by atoms with Crippen molar-refractivity contribution < 1.29 is 22.8 Å². The summed E-state index contributed by atoms with van der Waals surface area (Å²) in [4.78, 5) is 10.3. The first kappa shape index (κ1) is 16.6. The van der Waals surface area contributed by atoms with Crippen LogP contribution in [0.2, 0.25) is 0 Å². The predicted octanol–water partition coefficient (Wildman–Crippen LogP) is 2.41. The van der Waals surface area contributed by atoms with Gasteiger partial charge in [-0.2, -0.15) is 0 Å². The van der Waals surface area contributed by atoms with Crippen molar-refractivity contribution in [3.8, 4) is 11.5 Å². The van der Waals surface area contributed by atoms with Gasteiger partial charge < -0.3 is 9.47 Å². The van der Waals surface area contributed by atoms with E-state index >= 15 is 0 Å². The zero-order chi connectivity index (χ0) is 17.0. The van der Waals surface area contributed by atoms with E-state index in [0.29, 0.717) is 5.75 Å². The Labute approximate surface area is 132 Å². The van der Waals surface area contributed by atoms with Crippen LogP contribution in [0.5, 0.6) is 11.5 Å². The maximum Gasteiger partial charge on any atom is 0.275 e. The zero-order valence-corrected chi connectivity index (χ0v) is 13.2. The fraction of sp³-hybridized carbons (Fsp3) is 0.143. The third-order valence-electron chi connectivity index (χ3n) is 2.96. The van der Waals surface area contributed by atoms with Crippen molar-refractivity contribution in [2.45, 2.75) is 4.90 Å². The summed E-state index contributed by atoms with van der Waals surface area (Å²) < 4.78 is 36.8. The number of nitrogens with one attached hydrogen (secondary N) is 1. The number of benzene rings is 2. The molecule has 0 atom stereocenters. The molecule has 0 heterocycles. The minimum Gasteiger partial charge on any atom is -0.497 e. The van der Waals surface area contributed by atoms with Crippen molar-refractivity contribution >= 4 is 21.4 Å². The van der Waals surface area contributed by atoms with Gasteiger partial charge in [0.2, 0.25) is 0 Å². The Bertz CT molecular complexity index is 818. The number of rotatable bonds is 6. The van der Waals surface area contributed by atoms with Crippen LogP contribution >= 0.6 is 0 Å². The van der Waals surface area contributed by atoms with Crippen molar-refractivity contribution in [2.24, 2.45) is 0 Å². The molecule has 0 aromatic heterocycles. The molecule has 1 N–H and O–H groups in total. The first-order chi connectivity index (χ1) is 10.9. The second-order valence-electron chi connectivity index (χ2n) is 4.46. The van der Waals surface area contributed by atoms with Gasteiger partial charge in [-0.15, -0.1) is 0 Å². The summed E-state index contributed by atoms with van der Waals surface area (Å²) in [6.07, 6.45) is 0. The predicted molar refractivity (Wildman–Crippen MR) is 83.5 cm³/mol. The molecule has 0 aliphatic rings. The van der Waals surface area contributed by atoms with Gasteiger partial charge in [0, 0.05) is 12.1 Å². The van der Waals surface area contributed by atoms with Crippen molar-refractivity contribution in [1.29, 1.82) is 0 Å². The number of hydrogen-bond donors (Lipinski definition) is 1. The Kier molecular flexibility index (Phi) is 4.70. The summed E-state index contributed by atoms with van der Waals surface area (Å²) in [5.41, 5.74) is -0.247. The first-order valence-electron chi connectivity index (χ1n) is 6.36. The van der Waals surface area contributed by atoms with E-state index in [9.17, 15) is 18.5 Å². The number of methoxy groups -OCH3 is 2. The molecule has 2 aromatic rings. The monoisotopic (exact) mass is 338 g/mol. The number of anilines is 1. The molecule has 0 fully saturated rings. The molecule has 2 aromatic carbocycles. The smallest absolute Gasteiger partial charge is 0.275 e. The third kappa shape index (κ3) is 3.89. The highest BCUT2D eigenvalue weighted by molar-refractivity contribution is 7.92. The molecule has 9 heteroatoms. The number of hydrogen-bond acceptors (Lipinski definition) is 6. The summed E-state index contributed by atoms with van der Waals surface area (Å²) in [5, 5.41) is 10.9. The number of non-ortho nitro benzene ring substituents is 1. The molecular formula is C14H14N2O6S. The van der Waals surface area contributed by atoms with E-state index in [1.54, 1.807) is 0 Å². The van der Waals surface area contributed by atoms with Gasteiger partial charge in [0.1, 0.15) is 11.5 Å². The summed E-state index contributed by atoms with van der Waals surface area (Å²) in [6.45, 7) is 0. The quantitative estimate of drug-likeness (QED) is 0.640. The Morgan fingerprint density at radius 2 is 1.61 bits per heavy atom. The second-order valence-corrected chi connectivity index (χ2v) is 6.14. The van der Waals surface area contributed by atoms with Crippen LogP contribution in [-0.2, 0) is 10.0 Å². The highest BCUT2D eigenvalue weighted by Gasteiger charge is 2.17. The van der Waals surface area contributed by atoms with Crippen LogP contribution in [0.25, 0.3) is 0 Å². The lowest BCUT2D eigenvalue weighted by molar-refractivity contribution is -0.384. The van der Waals surface area contributed by atoms with Crippen LogP contribution in [-0.4, -0.2) is 27.6 Å². The Morgan fingerprint density at radius 1 is 1.00 bits per heavy atom. The van der Waals surface area contributed by atoms with Crippen LogP contribution in [0.1, 0.15) is 0 Å². The van der Waals surface area contributed by atoms with Gasteiger partial charge in [-0.25, -0.2) is 8.42 Å². The largest absolute Gasteiger partial charge is 0.497 e. The van der Waals surface area contributed by atoms with Crippen LogP contribution in [0.4, 0.5) is 11.4 Å². The van der Waals surface area contributed by atoms with Gasteiger partial charge in [-0.1, -0.05) is 0 Å². The van der Waals surface area contributed by atoms with Gasteiger partial charge in [0.25, 0.3) is 15.7 Å². The Hall–Kier alpha value is -2.81. The number of sulfonamides is 1. The van der Waals surface area contributed by atoms with Crippen LogP contribution in [0.15, 0.2) is 47.4 Å². The molecular weight excluding hydrogens is 324 g/mol. The molecule has 0 spiro atoms. The zero-order valence-electron chi connectivity index (χ0n) is 12.3. The second kappa shape index (κ2) is 6.53. The lowest BCUT2D eigenvalue weighted by Gasteiger charge is -2.10. The van der Waals surface area contributed by atoms with Crippen LogP contribution < -0.4 is 14.2 Å². The highest BCUT2D eigenvalue weighted by atomic mass is 32.2. The van der Waals surface area contributed by atoms with Gasteiger partial charge in [-0.05, 0) is 24.3 Å². The molecule has 8 nitrogen and oxygen atoms in total. The highest BCUT2D eigenvalue weighted by Crippen LogP contribution is 2.27. The van der Waals surface area contributed by atoms with Gasteiger partial charge >= 0.3 is 0 Å². The molecule has 0 saturated heterocycles. The molecule has 0 saturated carbocycles. The summed E-state index contributed by atoms with van der Waals surface area (Å²) in [5.74, 6) is 0.688. The van der Waals surface area contributed by atoms with Crippen molar-refractivity contribution in [3.63, 3.8) is 0 Å². The summed E-state index contributed by atoms with van der Waals surface area (Å²) in [6, 6.07) is 9.42. The molecule has 2 rings (SSSR count). The normalized spacial score (nSPS) is 10.9. The lowest BCUT2D eigenvalue weighted by Crippen LogP contribution is -2.13. The van der Waals surface area contributed by atoms with E-state index in [1.807, 2.05) is 0 Å². The van der Waals surface area contributed by atoms with Crippen LogP contribution in [0.3, 0.4) is 0 Å². The average Bonchev–Trinajstić information content (AvgIpc) is 2.54. The number of nitro groups is 1. The maximum absolute atomic E-state index is 12.3. The number of ether oxygens (including phenoxy) is 2. The SMILES string of the molecule is COc1ccc(S(=O)(=O)Nc2cc(OC)cc([N+](=O)[O-])c2)cc1. The Morgan fingerprint density at radius 3 is 2.13 bits per heavy atom. The minimum atomic E-state index is -3.89. The molecule has 0 amide bonds. The third-order valence-corrected chi connectivity index (χ3v) is 4.36. The van der Waals surface area contributed by atoms with Gasteiger partial charge in [0.15, 0.2) is 0 Å². The minimum absolute atomic E-state index is 0.00349. The maximum atomic E-state index is 12.3. The fourth-order valence-electron chi connectivity index (χ4n) is 1.83. The standard InChI is InChI=1S/C14H14N2O6S/c1-21-12-3-5-14(6-4-12)23(19,20)15-10-7-11(16(17)18)9-13(8-10)22-2/h3-9,15H,1-2H3. The van der Waals surface area contributed by atoms with Gasteiger partial charge in [-0.3, -0.25) is 14.8 Å². The van der Waals surface area contributed by atoms with Crippen molar-refractivity contribution in [2.75, 3.05) is 18.9 Å². The number of nitrogens with zero attached hydrogens (tertiary/aromatic N) is 1. The van der Waals surface area contributed by atoms with Gasteiger partial charge in [0.05, 0.1) is 35.8 Å². The molecule has 0 aliphatic heterocycles. The van der Waals surface area contributed by atoms with E-state index in [-0.39, 0.29) is 22.0 Å². The summed E-state index contributed by atoms with van der Waals surface area (Å²) in [7, 11) is -1.09. The molecule has 23 heavy (non-hydrogen) atoms. The molecule has 0 bridgehead atoms. The van der Waals surface area contributed by atoms with Crippen molar-refractivity contribution in [3.05, 3.63) is 52.6 Å². The molecule has 0 radical (unpaired) electrons. The van der Waals surface area contributed by atoms with Crippen molar-refractivity contribution in [1.82, 2.24) is 0 Å². The average molecular weight is 338 g/mol. The van der Waals surface area contributed by atoms with E-state index < -0.39 is 14.9 Å². The number of nitro benzene ring substituents is 1. The fourth-order valence-corrected chi connectivity index (χ4v) is 2.87. The van der Waals surface area contributed by atoms with E-state index in [1.165, 1.54) is 50.6 Å². The topological polar surface area (TPSA) is 108 Å². The van der Waals surface area contributed by atoms with Crippen LogP contribution in [0, 0.1) is 10.1 Å². The first-order valence-corrected chi connectivity index (χ1v) is 7.84. The lowest BCUT2D eigenvalue weighted by atomic mass is 10.2. The molecule has 0 unspecified atom stereocenters. The Balaban J connectivity index is 2.35. The van der Waals surface area contributed by atoms with E-state index in [2.05, 4.69) is 4.72 Å². The summed E-state index contributed by atoms with van der Waals surface area (Å²) >= 11 is 0. The van der Waals surface area contributed by atoms with E-state index in [4.69, 9.17) is 9.47 Å². The van der Waals surface area contributed by atoms with E-state index in [0.717, 1.165) is 6.07 Å². The molecule has 122 valence electrons. The molecule has 0 aliphatic carbocycles.